The lowest BCUT2D eigenvalue weighted by atomic mass is 10.1. The highest BCUT2D eigenvalue weighted by atomic mass is 127. The van der Waals surface area contributed by atoms with Crippen LogP contribution < -0.4 is 10.6 Å². The first kappa shape index (κ1) is 25.0. The molecule has 2 aromatic rings. The number of hydrogen-bond donors (Lipinski definition) is 2. The number of nitrogens with one attached hydrogen (secondary N) is 2. The molecule has 8 heteroatoms. The summed E-state index contributed by atoms with van der Waals surface area (Å²) in [4.78, 5) is 15.8. The fourth-order valence-electron chi connectivity index (χ4n) is 2.69. The second-order valence-electron chi connectivity index (χ2n) is 6.30. The van der Waals surface area contributed by atoms with Crippen LogP contribution in [0.25, 0.3) is 0 Å². The van der Waals surface area contributed by atoms with Gasteiger partial charge in [0, 0.05) is 20.2 Å². The van der Waals surface area contributed by atoms with Crippen LogP contribution in [0.3, 0.4) is 0 Å². The summed E-state index contributed by atoms with van der Waals surface area (Å²) in [6, 6.07) is 11.8. The molecule has 0 spiro atoms. The highest BCUT2D eigenvalue weighted by Gasteiger charge is 2.15. The minimum Gasteiger partial charge on any atom is -0.465 e. The highest BCUT2D eigenvalue weighted by molar-refractivity contribution is 14.0. The van der Waals surface area contributed by atoms with Crippen molar-refractivity contribution in [1.29, 1.82) is 0 Å². The van der Waals surface area contributed by atoms with E-state index in [-0.39, 0.29) is 30.1 Å². The second-order valence-corrected chi connectivity index (χ2v) is 6.30. The molecule has 1 aromatic heterocycles. The Hall–Kier alpha value is -2.07. The van der Waals surface area contributed by atoms with Crippen molar-refractivity contribution in [2.45, 2.75) is 32.9 Å². The van der Waals surface area contributed by atoms with E-state index in [1.165, 1.54) is 12.7 Å². The van der Waals surface area contributed by atoms with Crippen LogP contribution in [0.1, 0.15) is 46.9 Å². The molecule has 0 amide bonds. The quantitative estimate of drug-likeness (QED) is 0.174. The first-order valence-corrected chi connectivity index (χ1v) is 9.33. The summed E-state index contributed by atoms with van der Waals surface area (Å²) in [6.07, 6.45) is 0.925. The standard InChI is InChI=1S/C21H29N3O4.HI/c1-15(17-9-6-5-7-10-17)27-12-8-11-23-21(22-3)24-14-18-13-19(16(2)28-18)20(25)26-4;/h5-7,9-10,13,15H,8,11-12,14H2,1-4H3,(H2,22,23,24);1H. The second kappa shape index (κ2) is 13.2. The summed E-state index contributed by atoms with van der Waals surface area (Å²) < 4.78 is 16.2. The minimum atomic E-state index is -0.403. The van der Waals surface area contributed by atoms with Gasteiger partial charge in [-0.1, -0.05) is 30.3 Å². The number of guanidine groups is 1. The van der Waals surface area contributed by atoms with Crippen molar-refractivity contribution >= 4 is 35.9 Å². The fraction of sp³-hybridized carbons (Fsp3) is 0.429. The zero-order chi connectivity index (χ0) is 20.4. The molecule has 1 aromatic carbocycles. The fourth-order valence-corrected chi connectivity index (χ4v) is 2.69. The van der Waals surface area contributed by atoms with Gasteiger partial charge in [-0.05, 0) is 31.9 Å². The normalized spacial score (nSPS) is 12.1. The predicted molar refractivity (Wildman–Crippen MR) is 124 cm³/mol. The number of carbonyl (C=O) groups is 1. The van der Waals surface area contributed by atoms with Gasteiger partial charge in [0.1, 0.15) is 17.1 Å². The molecule has 0 aliphatic carbocycles. The summed E-state index contributed by atoms with van der Waals surface area (Å²) in [6.45, 7) is 5.58. The molecule has 2 rings (SSSR count). The lowest BCUT2D eigenvalue weighted by Gasteiger charge is -2.14. The maximum Gasteiger partial charge on any atom is 0.341 e. The molecule has 2 N–H and O–H groups in total. The zero-order valence-electron chi connectivity index (χ0n) is 17.4. The monoisotopic (exact) mass is 515 g/mol. The lowest BCUT2D eigenvalue weighted by molar-refractivity contribution is 0.0598. The molecule has 0 fully saturated rings. The molecule has 1 unspecified atom stereocenters. The van der Waals surface area contributed by atoms with Gasteiger partial charge < -0.3 is 24.5 Å². The number of nitrogens with zero attached hydrogens (tertiary/aromatic N) is 1. The minimum absolute atomic E-state index is 0. The Bertz CT molecular complexity index is 777. The summed E-state index contributed by atoms with van der Waals surface area (Å²) in [5, 5.41) is 6.40. The molecule has 0 radical (unpaired) electrons. The Morgan fingerprint density at radius 1 is 1.24 bits per heavy atom. The summed E-state index contributed by atoms with van der Waals surface area (Å²) in [5.41, 5.74) is 1.61. The highest BCUT2D eigenvalue weighted by Crippen LogP contribution is 2.16. The van der Waals surface area contributed by atoms with E-state index in [1.54, 1.807) is 20.0 Å². The predicted octanol–water partition coefficient (Wildman–Crippen LogP) is 3.83. The van der Waals surface area contributed by atoms with Gasteiger partial charge in [-0.3, -0.25) is 4.99 Å². The van der Waals surface area contributed by atoms with Gasteiger partial charge in [-0.15, -0.1) is 24.0 Å². The molecule has 0 saturated heterocycles. The largest absolute Gasteiger partial charge is 0.465 e. The van der Waals surface area contributed by atoms with E-state index in [0.29, 0.717) is 36.2 Å². The van der Waals surface area contributed by atoms with Crippen molar-refractivity contribution in [3.05, 3.63) is 59.0 Å². The van der Waals surface area contributed by atoms with Crippen LogP contribution in [0.5, 0.6) is 0 Å². The van der Waals surface area contributed by atoms with Crippen molar-refractivity contribution in [3.63, 3.8) is 0 Å². The molecule has 1 atom stereocenters. The maximum atomic E-state index is 11.6. The first-order chi connectivity index (χ1) is 13.5. The number of hydrogen-bond acceptors (Lipinski definition) is 5. The number of ether oxygens (including phenoxy) is 2. The summed E-state index contributed by atoms with van der Waals surface area (Å²) >= 11 is 0. The molecule has 0 bridgehead atoms. The molecule has 0 aliphatic heterocycles. The number of aliphatic imine (C=N–C) groups is 1. The smallest absolute Gasteiger partial charge is 0.341 e. The Morgan fingerprint density at radius 3 is 2.62 bits per heavy atom. The SMILES string of the molecule is CN=C(NCCCOC(C)c1ccccc1)NCc1cc(C(=O)OC)c(C)o1.I. The van der Waals surface area contributed by atoms with Gasteiger partial charge in [-0.25, -0.2) is 4.79 Å². The van der Waals surface area contributed by atoms with Crippen LogP contribution in [0, 0.1) is 6.92 Å². The Morgan fingerprint density at radius 2 is 1.97 bits per heavy atom. The third-order valence-electron chi connectivity index (χ3n) is 4.28. The van der Waals surface area contributed by atoms with Crippen LogP contribution in [0.4, 0.5) is 0 Å². The number of aryl methyl sites for hydroxylation is 1. The summed E-state index contributed by atoms with van der Waals surface area (Å²) in [5.74, 6) is 1.43. The van der Waals surface area contributed by atoms with Gasteiger partial charge in [0.05, 0.1) is 19.8 Å². The molecule has 7 nitrogen and oxygen atoms in total. The number of halogens is 1. The number of furan rings is 1. The number of esters is 1. The molecular weight excluding hydrogens is 485 g/mol. The van der Waals surface area contributed by atoms with E-state index >= 15 is 0 Å². The number of rotatable bonds is 9. The van der Waals surface area contributed by atoms with Crippen LogP contribution in [0.15, 0.2) is 45.8 Å². The molecular formula is C21H30IN3O4. The van der Waals surface area contributed by atoms with Crippen molar-refractivity contribution < 1.29 is 18.7 Å². The van der Waals surface area contributed by atoms with E-state index in [2.05, 4.69) is 34.7 Å². The third kappa shape index (κ3) is 8.06. The molecule has 29 heavy (non-hydrogen) atoms. The number of benzene rings is 1. The van der Waals surface area contributed by atoms with Gasteiger partial charge in [0.15, 0.2) is 5.96 Å². The third-order valence-corrected chi connectivity index (χ3v) is 4.28. The maximum absolute atomic E-state index is 11.6. The van der Waals surface area contributed by atoms with Crippen molar-refractivity contribution in [1.82, 2.24) is 10.6 Å². The van der Waals surface area contributed by atoms with Crippen molar-refractivity contribution in [3.8, 4) is 0 Å². The Kier molecular flexibility index (Phi) is 11.4. The topological polar surface area (TPSA) is 85.1 Å². The van der Waals surface area contributed by atoms with Gasteiger partial charge in [0.2, 0.25) is 0 Å². The number of carbonyl (C=O) groups excluding carboxylic acids is 1. The van der Waals surface area contributed by atoms with Crippen LogP contribution in [-0.2, 0) is 16.0 Å². The van der Waals surface area contributed by atoms with Crippen LogP contribution in [0.2, 0.25) is 0 Å². The molecule has 0 aliphatic rings. The van der Waals surface area contributed by atoms with Crippen molar-refractivity contribution in [2.24, 2.45) is 4.99 Å². The van der Waals surface area contributed by atoms with Crippen LogP contribution >= 0.6 is 24.0 Å². The average Bonchev–Trinajstić information content (AvgIpc) is 3.10. The molecule has 160 valence electrons. The van der Waals surface area contributed by atoms with Gasteiger partial charge in [-0.2, -0.15) is 0 Å². The molecule has 1 heterocycles. The van der Waals surface area contributed by atoms with E-state index in [4.69, 9.17) is 13.9 Å². The zero-order valence-corrected chi connectivity index (χ0v) is 19.7. The average molecular weight is 515 g/mol. The Labute approximate surface area is 189 Å². The lowest BCUT2D eigenvalue weighted by Crippen LogP contribution is -2.37. The molecule has 0 saturated carbocycles. The summed E-state index contributed by atoms with van der Waals surface area (Å²) in [7, 11) is 3.05. The Balaban J connectivity index is 0.00000420. The van der Waals surface area contributed by atoms with Crippen molar-refractivity contribution in [2.75, 3.05) is 27.3 Å². The van der Waals surface area contributed by atoms with E-state index in [9.17, 15) is 4.79 Å². The number of methoxy groups -OCH3 is 1. The van der Waals surface area contributed by atoms with Crippen LogP contribution in [-0.4, -0.2) is 39.2 Å². The van der Waals surface area contributed by atoms with Gasteiger partial charge in [0.25, 0.3) is 0 Å². The van der Waals surface area contributed by atoms with E-state index in [1.807, 2.05) is 18.2 Å². The first-order valence-electron chi connectivity index (χ1n) is 9.33. The van der Waals surface area contributed by atoms with E-state index in [0.717, 1.165) is 13.0 Å². The van der Waals surface area contributed by atoms with Gasteiger partial charge >= 0.3 is 5.97 Å². The van der Waals surface area contributed by atoms with E-state index < -0.39 is 5.97 Å².